The zero-order chi connectivity index (χ0) is 22.4. The van der Waals surface area contributed by atoms with Crippen LogP contribution in [0.5, 0.6) is 5.75 Å². The average molecular weight is 454 g/mol. The summed E-state index contributed by atoms with van der Waals surface area (Å²) in [5.41, 5.74) is -1.52. The molecule has 1 aliphatic heterocycles. The molecule has 166 valence electrons. The Morgan fingerprint density at radius 3 is 2.74 bits per heavy atom. The molecule has 9 heteroatoms. The van der Waals surface area contributed by atoms with Crippen LogP contribution in [0.15, 0.2) is 36.7 Å². The van der Waals surface area contributed by atoms with Crippen LogP contribution in [-0.2, 0) is 18.4 Å². The van der Waals surface area contributed by atoms with Crippen LogP contribution in [-0.4, -0.2) is 33.6 Å². The van der Waals surface area contributed by atoms with Gasteiger partial charge >= 0.3 is 6.18 Å². The molecule has 1 unspecified atom stereocenters. The van der Waals surface area contributed by atoms with E-state index in [0.29, 0.717) is 35.1 Å². The fourth-order valence-electron chi connectivity index (χ4n) is 4.14. The summed E-state index contributed by atoms with van der Waals surface area (Å²) < 4.78 is 47.7. The number of alkyl halides is 3. The highest BCUT2D eigenvalue weighted by molar-refractivity contribution is 6.30. The molecule has 3 aromatic rings. The van der Waals surface area contributed by atoms with E-state index < -0.39 is 23.7 Å². The minimum Gasteiger partial charge on any atom is -0.493 e. The molecule has 0 radical (unpaired) electrons. The first-order chi connectivity index (χ1) is 14.5. The van der Waals surface area contributed by atoms with Crippen LogP contribution in [0.25, 0.3) is 10.9 Å². The monoisotopic (exact) mass is 453 g/mol. The van der Waals surface area contributed by atoms with Crippen molar-refractivity contribution in [2.45, 2.75) is 50.6 Å². The third-order valence-electron chi connectivity index (χ3n) is 5.69. The van der Waals surface area contributed by atoms with Crippen molar-refractivity contribution < 1.29 is 23.0 Å². The summed E-state index contributed by atoms with van der Waals surface area (Å²) in [4.78, 5) is 7.04. The van der Waals surface area contributed by atoms with Crippen molar-refractivity contribution in [3.8, 4) is 5.75 Å². The fraction of sp³-hybridized carbons (Fsp3) is 0.409. The Morgan fingerprint density at radius 2 is 2.03 bits per heavy atom. The third kappa shape index (κ3) is 4.24. The van der Waals surface area contributed by atoms with Gasteiger partial charge in [-0.3, -0.25) is 10.3 Å². The van der Waals surface area contributed by atoms with Gasteiger partial charge in [-0.05, 0) is 35.2 Å². The predicted octanol–water partition coefficient (Wildman–Crippen LogP) is 4.86. The Kier molecular flexibility index (Phi) is 5.44. The summed E-state index contributed by atoms with van der Waals surface area (Å²) in [5.74, 6) is 0.557. The SMILES string of the molecule is CC(C)(CC(O)(NCc1cc2cnccc2[nH]1)C(F)(F)F)c1cc(Cl)cc2c1OCC2. The Labute approximate surface area is 182 Å². The first-order valence-corrected chi connectivity index (χ1v) is 10.3. The number of benzene rings is 1. The Hall–Kier alpha value is -2.29. The van der Waals surface area contributed by atoms with Crippen LogP contribution in [0.2, 0.25) is 5.02 Å². The molecule has 0 bridgehead atoms. The van der Waals surface area contributed by atoms with E-state index in [9.17, 15) is 18.3 Å². The zero-order valence-electron chi connectivity index (χ0n) is 17.1. The number of fused-ring (bicyclic) bond motifs is 2. The van der Waals surface area contributed by atoms with Crippen LogP contribution in [0, 0.1) is 0 Å². The molecule has 2 aromatic heterocycles. The van der Waals surface area contributed by atoms with Crippen molar-refractivity contribution in [1.82, 2.24) is 15.3 Å². The van der Waals surface area contributed by atoms with Gasteiger partial charge in [0.15, 0.2) is 0 Å². The number of rotatable bonds is 6. The van der Waals surface area contributed by atoms with Crippen molar-refractivity contribution in [3.63, 3.8) is 0 Å². The minimum absolute atomic E-state index is 0.203. The van der Waals surface area contributed by atoms with Crippen LogP contribution in [0.3, 0.4) is 0 Å². The van der Waals surface area contributed by atoms with Crippen molar-refractivity contribution in [2.24, 2.45) is 0 Å². The second-order valence-corrected chi connectivity index (χ2v) is 9.01. The Morgan fingerprint density at radius 1 is 1.26 bits per heavy atom. The van der Waals surface area contributed by atoms with E-state index >= 15 is 0 Å². The molecule has 1 atom stereocenters. The third-order valence-corrected chi connectivity index (χ3v) is 5.91. The van der Waals surface area contributed by atoms with Gasteiger partial charge < -0.3 is 14.8 Å². The number of pyridine rings is 1. The van der Waals surface area contributed by atoms with Crippen LogP contribution in [0.4, 0.5) is 13.2 Å². The van der Waals surface area contributed by atoms with E-state index in [4.69, 9.17) is 16.3 Å². The van der Waals surface area contributed by atoms with Gasteiger partial charge in [0.1, 0.15) is 5.75 Å². The fourth-order valence-corrected chi connectivity index (χ4v) is 4.38. The summed E-state index contributed by atoms with van der Waals surface area (Å²) in [6, 6.07) is 6.82. The Balaban J connectivity index is 1.61. The van der Waals surface area contributed by atoms with Crippen LogP contribution in [0.1, 0.15) is 37.1 Å². The highest BCUT2D eigenvalue weighted by atomic mass is 35.5. The van der Waals surface area contributed by atoms with E-state index in [1.165, 1.54) is 0 Å². The molecule has 4 rings (SSSR count). The van der Waals surface area contributed by atoms with Crippen molar-refractivity contribution in [1.29, 1.82) is 0 Å². The lowest BCUT2D eigenvalue weighted by atomic mass is 9.76. The van der Waals surface area contributed by atoms with Gasteiger partial charge in [0.25, 0.3) is 0 Å². The highest BCUT2D eigenvalue weighted by Gasteiger charge is 2.56. The van der Waals surface area contributed by atoms with Gasteiger partial charge in [0, 0.05) is 59.0 Å². The molecule has 0 aliphatic carbocycles. The molecule has 0 spiro atoms. The van der Waals surface area contributed by atoms with Gasteiger partial charge in [0.2, 0.25) is 5.72 Å². The van der Waals surface area contributed by atoms with Gasteiger partial charge in [-0.25, -0.2) is 0 Å². The van der Waals surface area contributed by atoms with Gasteiger partial charge in [-0.1, -0.05) is 25.4 Å². The number of ether oxygens (including phenoxy) is 1. The molecule has 1 aliphatic rings. The summed E-state index contributed by atoms with van der Waals surface area (Å²) in [6.07, 6.45) is -1.66. The van der Waals surface area contributed by atoms with Gasteiger partial charge in [-0.2, -0.15) is 13.2 Å². The number of halogens is 4. The molecule has 1 aromatic carbocycles. The predicted molar refractivity (Wildman–Crippen MR) is 112 cm³/mol. The lowest BCUT2D eigenvalue weighted by Crippen LogP contribution is -2.59. The summed E-state index contributed by atoms with van der Waals surface area (Å²) in [5, 5.41) is 14.3. The van der Waals surface area contributed by atoms with Gasteiger partial charge in [0.05, 0.1) is 6.61 Å². The molecular formula is C22H23ClF3N3O2. The van der Waals surface area contributed by atoms with Crippen LogP contribution < -0.4 is 10.1 Å². The quantitative estimate of drug-likeness (QED) is 0.466. The number of nitrogens with zero attached hydrogens (tertiary/aromatic N) is 1. The maximum atomic E-state index is 14.0. The number of aromatic nitrogens is 2. The van der Waals surface area contributed by atoms with E-state index in [0.717, 1.165) is 16.5 Å². The van der Waals surface area contributed by atoms with Gasteiger partial charge in [-0.15, -0.1) is 0 Å². The smallest absolute Gasteiger partial charge is 0.431 e. The average Bonchev–Trinajstić information content (AvgIpc) is 3.30. The number of H-pyrrole nitrogens is 1. The molecule has 31 heavy (non-hydrogen) atoms. The minimum atomic E-state index is -4.90. The van der Waals surface area contributed by atoms with E-state index in [-0.39, 0.29) is 6.54 Å². The second kappa shape index (κ2) is 7.69. The largest absolute Gasteiger partial charge is 0.493 e. The van der Waals surface area contributed by atoms with Crippen LogP contribution >= 0.6 is 11.6 Å². The molecular weight excluding hydrogens is 431 g/mol. The number of hydrogen-bond donors (Lipinski definition) is 3. The Bertz CT molecular complexity index is 1080. The van der Waals surface area contributed by atoms with Crippen molar-refractivity contribution in [3.05, 3.63) is 58.5 Å². The molecule has 0 saturated carbocycles. The molecule has 3 N–H and O–H groups in total. The molecule has 0 amide bonds. The molecule has 5 nitrogen and oxygen atoms in total. The first kappa shape index (κ1) is 21.9. The zero-order valence-corrected chi connectivity index (χ0v) is 17.9. The maximum Gasteiger partial charge on any atom is 0.431 e. The lowest BCUT2D eigenvalue weighted by molar-refractivity contribution is -0.280. The van der Waals surface area contributed by atoms with Crippen molar-refractivity contribution in [2.75, 3.05) is 6.61 Å². The normalized spacial score (nSPS) is 16.2. The standard InChI is InChI=1S/C22H23ClF3N3O2/c1-20(2,17-9-15(23)7-13-4-6-31-19(13)17)12-21(30,22(24,25)26)28-11-16-8-14-10-27-5-3-18(14)29-16/h3,5,7-10,28-30H,4,6,11-12H2,1-2H3. The summed E-state index contributed by atoms with van der Waals surface area (Å²) in [6.45, 7) is 3.54. The number of aliphatic hydroxyl groups is 1. The topological polar surface area (TPSA) is 70.2 Å². The van der Waals surface area contributed by atoms with E-state index in [2.05, 4.69) is 15.3 Å². The molecule has 0 fully saturated rings. The number of aromatic amines is 1. The first-order valence-electron chi connectivity index (χ1n) is 9.90. The molecule has 0 saturated heterocycles. The number of nitrogens with one attached hydrogen (secondary N) is 2. The second-order valence-electron chi connectivity index (χ2n) is 8.57. The highest BCUT2D eigenvalue weighted by Crippen LogP contribution is 2.45. The lowest BCUT2D eigenvalue weighted by Gasteiger charge is -2.38. The van der Waals surface area contributed by atoms with E-state index in [1.807, 2.05) is 0 Å². The van der Waals surface area contributed by atoms with E-state index in [1.54, 1.807) is 50.5 Å². The summed E-state index contributed by atoms with van der Waals surface area (Å²) >= 11 is 6.21. The molecule has 3 heterocycles. The number of hydrogen-bond acceptors (Lipinski definition) is 4. The maximum absolute atomic E-state index is 14.0. The summed E-state index contributed by atoms with van der Waals surface area (Å²) in [7, 11) is 0. The van der Waals surface area contributed by atoms with Crippen molar-refractivity contribution >= 4 is 22.5 Å².